The van der Waals surface area contributed by atoms with Crippen molar-refractivity contribution in [1.29, 1.82) is 0 Å². The van der Waals surface area contributed by atoms with Gasteiger partial charge in [0, 0.05) is 18.2 Å². The van der Waals surface area contributed by atoms with Crippen molar-refractivity contribution < 1.29 is 14.1 Å². The molecule has 0 saturated carbocycles. The maximum atomic E-state index is 12.7. The van der Waals surface area contributed by atoms with Crippen molar-refractivity contribution in [2.75, 3.05) is 19.8 Å². The maximum absolute atomic E-state index is 12.7. The predicted molar refractivity (Wildman–Crippen MR) is 82.9 cm³/mol. The Balaban J connectivity index is 1.88. The van der Waals surface area contributed by atoms with Gasteiger partial charge >= 0.3 is 0 Å². The fourth-order valence-corrected chi connectivity index (χ4v) is 2.77. The number of hydrogen-bond acceptors (Lipinski definition) is 4. The third kappa shape index (κ3) is 2.74. The first-order chi connectivity index (χ1) is 10.5. The summed E-state index contributed by atoms with van der Waals surface area (Å²) >= 11 is 6.14. The van der Waals surface area contributed by atoms with Gasteiger partial charge < -0.3 is 14.2 Å². The summed E-state index contributed by atoms with van der Waals surface area (Å²) in [5.74, 6) is 0.329. The van der Waals surface area contributed by atoms with Gasteiger partial charge in [-0.2, -0.15) is 0 Å². The van der Waals surface area contributed by atoms with Crippen LogP contribution in [0.5, 0.6) is 0 Å². The first-order valence-corrected chi connectivity index (χ1v) is 7.48. The van der Waals surface area contributed by atoms with Crippen LogP contribution in [0.3, 0.4) is 0 Å². The zero-order valence-corrected chi connectivity index (χ0v) is 13.3. The lowest BCUT2D eigenvalue weighted by Crippen LogP contribution is -2.55. The van der Waals surface area contributed by atoms with Crippen LogP contribution in [0.4, 0.5) is 0 Å². The molecule has 22 heavy (non-hydrogen) atoms. The largest absolute Gasteiger partial charge is 0.377 e. The van der Waals surface area contributed by atoms with Gasteiger partial charge in [-0.05, 0) is 26.0 Å². The number of rotatable bonds is 2. The van der Waals surface area contributed by atoms with Gasteiger partial charge in [0.2, 0.25) is 0 Å². The summed E-state index contributed by atoms with van der Waals surface area (Å²) in [6.07, 6.45) is 0. The van der Waals surface area contributed by atoms with Gasteiger partial charge in [-0.25, -0.2) is 0 Å². The highest BCUT2D eigenvalue weighted by Crippen LogP contribution is 2.29. The van der Waals surface area contributed by atoms with Crippen LogP contribution in [-0.4, -0.2) is 41.3 Å². The van der Waals surface area contributed by atoms with Crippen LogP contribution in [-0.2, 0) is 4.74 Å². The summed E-state index contributed by atoms with van der Waals surface area (Å²) < 4.78 is 10.7. The third-order valence-corrected chi connectivity index (χ3v) is 4.09. The highest BCUT2D eigenvalue weighted by molar-refractivity contribution is 6.33. The Morgan fingerprint density at radius 3 is 2.86 bits per heavy atom. The molecule has 1 amide bonds. The zero-order chi connectivity index (χ0) is 15.7. The fourth-order valence-electron chi connectivity index (χ4n) is 2.54. The molecule has 6 heteroatoms. The van der Waals surface area contributed by atoms with Crippen LogP contribution < -0.4 is 0 Å². The number of carbonyl (C=O) groups is 1. The summed E-state index contributed by atoms with van der Waals surface area (Å²) in [6, 6.07) is 8.93. The molecule has 0 bridgehead atoms. The lowest BCUT2D eigenvalue weighted by Gasteiger charge is -2.41. The first-order valence-electron chi connectivity index (χ1n) is 7.10. The molecule has 0 unspecified atom stereocenters. The molecule has 0 aliphatic carbocycles. The van der Waals surface area contributed by atoms with Crippen molar-refractivity contribution in [2.45, 2.75) is 19.4 Å². The van der Waals surface area contributed by atoms with Gasteiger partial charge in [-0.15, -0.1) is 0 Å². The van der Waals surface area contributed by atoms with Crippen molar-refractivity contribution in [3.8, 4) is 11.3 Å². The minimum atomic E-state index is -0.362. The minimum absolute atomic E-state index is 0.157. The number of hydrogen-bond donors (Lipinski definition) is 0. The average Bonchev–Trinajstić information content (AvgIpc) is 2.96. The molecule has 3 rings (SSSR count). The van der Waals surface area contributed by atoms with Crippen molar-refractivity contribution in [1.82, 2.24) is 10.1 Å². The highest BCUT2D eigenvalue weighted by Gasteiger charge is 2.35. The monoisotopic (exact) mass is 320 g/mol. The maximum Gasteiger partial charge on any atom is 0.276 e. The van der Waals surface area contributed by atoms with E-state index in [9.17, 15) is 4.79 Å². The molecular weight excluding hydrogens is 304 g/mol. The van der Waals surface area contributed by atoms with Crippen molar-refractivity contribution in [3.63, 3.8) is 0 Å². The smallest absolute Gasteiger partial charge is 0.276 e. The van der Waals surface area contributed by atoms with Crippen LogP contribution in [0.15, 0.2) is 34.9 Å². The number of amides is 1. The SMILES string of the molecule is CC1(C)COCCN1C(=O)c1cc(-c2ccccc2Cl)on1. The topological polar surface area (TPSA) is 55.6 Å². The molecule has 0 N–H and O–H groups in total. The molecule has 1 saturated heterocycles. The van der Waals surface area contributed by atoms with Gasteiger partial charge in [-0.1, -0.05) is 28.9 Å². The van der Waals surface area contributed by atoms with Crippen molar-refractivity contribution in [2.24, 2.45) is 0 Å². The molecule has 1 fully saturated rings. The summed E-state index contributed by atoms with van der Waals surface area (Å²) in [7, 11) is 0. The number of halogens is 1. The molecule has 1 aliphatic heterocycles. The molecule has 0 atom stereocenters. The van der Waals surface area contributed by atoms with Crippen molar-refractivity contribution in [3.05, 3.63) is 41.0 Å². The number of aromatic nitrogens is 1. The van der Waals surface area contributed by atoms with Crippen LogP contribution >= 0.6 is 11.6 Å². The van der Waals surface area contributed by atoms with Gasteiger partial charge in [0.15, 0.2) is 11.5 Å². The normalized spacial score (nSPS) is 17.5. The van der Waals surface area contributed by atoms with Gasteiger partial charge in [0.1, 0.15) is 0 Å². The quantitative estimate of drug-likeness (QED) is 0.852. The summed E-state index contributed by atoms with van der Waals surface area (Å²) in [5.41, 5.74) is 0.639. The average molecular weight is 321 g/mol. The zero-order valence-electron chi connectivity index (χ0n) is 12.5. The Kier molecular flexibility index (Phi) is 3.93. The Morgan fingerprint density at radius 1 is 1.36 bits per heavy atom. The van der Waals surface area contributed by atoms with Crippen molar-refractivity contribution >= 4 is 17.5 Å². The van der Waals surface area contributed by atoms with E-state index < -0.39 is 0 Å². The Hall–Kier alpha value is -1.85. The molecule has 1 aromatic carbocycles. The summed E-state index contributed by atoms with van der Waals surface area (Å²) in [4.78, 5) is 14.4. The molecule has 5 nitrogen and oxygen atoms in total. The second-order valence-electron chi connectivity index (χ2n) is 5.88. The number of morpholine rings is 1. The Bertz CT molecular complexity index is 696. The van der Waals surface area contributed by atoms with E-state index in [1.165, 1.54) is 0 Å². The molecule has 0 spiro atoms. The number of ether oxygens (including phenoxy) is 1. The molecule has 1 aliphatic rings. The van der Waals surface area contributed by atoms with Crippen LogP contribution in [0.2, 0.25) is 5.02 Å². The first kappa shape index (κ1) is 15.1. The standard InChI is InChI=1S/C16H17ClN2O3/c1-16(2)10-21-8-7-19(16)15(20)13-9-14(22-18-13)11-5-3-4-6-12(11)17/h3-6,9H,7-8,10H2,1-2H3. The Labute approximate surface area is 133 Å². The molecule has 2 aromatic rings. The fraction of sp³-hybridized carbons (Fsp3) is 0.375. The van der Waals surface area contributed by atoms with Crippen LogP contribution in [0.1, 0.15) is 24.3 Å². The highest BCUT2D eigenvalue weighted by atomic mass is 35.5. The molecule has 116 valence electrons. The molecule has 2 heterocycles. The number of carbonyl (C=O) groups excluding carboxylic acids is 1. The number of nitrogens with zero attached hydrogens (tertiary/aromatic N) is 2. The second-order valence-corrected chi connectivity index (χ2v) is 6.29. The molecule has 0 radical (unpaired) electrons. The number of benzene rings is 1. The summed E-state index contributed by atoms with van der Waals surface area (Å²) in [5, 5.41) is 4.47. The van der Waals surface area contributed by atoms with Gasteiger partial charge in [0.05, 0.1) is 23.8 Å². The summed E-state index contributed by atoms with van der Waals surface area (Å²) in [6.45, 7) is 5.52. The van der Waals surface area contributed by atoms with E-state index in [0.29, 0.717) is 30.5 Å². The van der Waals surface area contributed by atoms with Gasteiger partial charge in [-0.3, -0.25) is 4.79 Å². The second kappa shape index (κ2) is 5.74. The van der Waals surface area contributed by atoms with Gasteiger partial charge in [0.25, 0.3) is 5.91 Å². The van der Waals surface area contributed by atoms with E-state index in [1.54, 1.807) is 17.0 Å². The van der Waals surface area contributed by atoms with Crippen LogP contribution in [0, 0.1) is 0 Å². The van der Waals surface area contributed by atoms with E-state index in [0.717, 1.165) is 5.56 Å². The van der Waals surface area contributed by atoms with E-state index in [4.69, 9.17) is 20.9 Å². The van der Waals surface area contributed by atoms with E-state index in [2.05, 4.69) is 5.16 Å². The Morgan fingerprint density at radius 2 is 2.14 bits per heavy atom. The minimum Gasteiger partial charge on any atom is -0.377 e. The lowest BCUT2D eigenvalue weighted by molar-refractivity contribution is -0.0374. The van der Waals surface area contributed by atoms with E-state index in [-0.39, 0.29) is 17.1 Å². The predicted octanol–water partition coefficient (Wildman–Crippen LogP) is 3.25. The van der Waals surface area contributed by atoms with E-state index in [1.807, 2.05) is 32.0 Å². The molecular formula is C16H17ClN2O3. The molecule has 1 aromatic heterocycles. The lowest BCUT2D eigenvalue weighted by atomic mass is 10.0. The van der Waals surface area contributed by atoms with E-state index >= 15 is 0 Å². The third-order valence-electron chi connectivity index (χ3n) is 3.76. The van der Waals surface area contributed by atoms with Crippen LogP contribution in [0.25, 0.3) is 11.3 Å².